The number of hydrogen-bond acceptors (Lipinski definition) is 9. The molecule has 2 amide bonds. The van der Waals surface area contributed by atoms with Crippen molar-refractivity contribution in [3.05, 3.63) is 102 Å². The molecule has 37 heavy (non-hydrogen) atoms. The number of halogens is 1. The van der Waals surface area contributed by atoms with E-state index in [0.29, 0.717) is 10.6 Å². The van der Waals surface area contributed by atoms with Crippen LogP contribution in [0, 0.1) is 20.2 Å². The van der Waals surface area contributed by atoms with Crippen molar-refractivity contribution in [1.29, 1.82) is 0 Å². The number of rotatable bonds is 8. The van der Waals surface area contributed by atoms with Gasteiger partial charge in [0.05, 0.1) is 34.5 Å². The quantitative estimate of drug-likeness (QED) is 0.185. The van der Waals surface area contributed by atoms with Gasteiger partial charge in [-0.05, 0) is 59.3 Å². The standard InChI is InChI=1S/C24H16ClN3O8S/c1-35-20-8-4-15(10-21(20)36-19-9-7-17(27(31)32)12-18(19)28(33)34)11-22-23(29)26(24(30)37-22)13-14-2-5-16(25)6-3-14/h2-12H,13H2,1H3/b22-11-. The highest BCUT2D eigenvalue weighted by atomic mass is 35.5. The number of nitrogens with zero attached hydrogens (tertiary/aromatic N) is 3. The zero-order valence-corrected chi connectivity index (χ0v) is 20.5. The Morgan fingerprint density at radius 1 is 0.946 bits per heavy atom. The molecular weight excluding hydrogens is 526 g/mol. The molecule has 13 heteroatoms. The predicted octanol–water partition coefficient (Wildman–Crippen LogP) is 6.19. The average molecular weight is 542 g/mol. The Morgan fingerprint density at radius 3 is 2.30 bits per heavy atom. The van der Waals surface area contributed by atoms with E-state index in [1.54, 1.807) is 30.3 Å². The van der Waals surface area contributed by atoms with Gasteiger partial charge in [0, 0.05) is 11.1 Å². The second-order valence-corrected chi connectivity index (χ2v) is 9.00. The summed E-state index contributed by atoms with van der Waals surface area (Å²) >= 11 is 6.66. The van der Waals surface area contributed by atoms with Gasteiger partial charge in [-0.25, -0.2) is 0 Å². The second kappa shape index (κ2) is 10.7. The van der Waals surface area contributed by atoms with Crippen LogP contribution >= 0.6 is 23.4 Å². The third-order valence-electron chi connectivity index (χ3n) is 5.18. The van der Waals surface area contributed by atoms with Crippen LogP contribution in [-0.4, -0.2) is 33.0 Å². The Hall–Kier alpha value is -4.42. The summed E-state index contributed by atoms with van der Waals surface area (Å²) in [5.41, 5.74) is 0.120. The lowest BCUT2D eigenvalue weighted by atomic mass is 10.1. The van der Waals surface area contributed by atoms with Crippen molar-refractivity contribution < 1.29 is 28.9 Å². The van der Waals surface area contributed by atoms with Crippen molar-refractivity contribution >= 4 is 52.0 Å². The van der Waals surface area contributed by atoms with Crippen molar-refractivity contribution in [3.63, 3.8) is 0 Å². The fourth-order valence-corrected chi connectivity index (χ4v) is 4.35. The molecule has 1 heterocycles. The molecule has 1 saturated heterocycles. The van der Waals surface area contributed by atoms with E-state index in [4.69, 9.17) is 21.1 Å². The largest absolute Gasteiger partial charge is 0.493 e. The number of thioether (sulfide) groups is 1. The van der Waals surface area contributed by atoms with Gasteiger partial charge < -0.3 is 9.47 Å². The molecule has 0 atom stereocenters. The van der Waals surface area contributed by atoms with Gasteiger partial charge in [-0.1, -0.05) is 29.8 Å². The number of imide groups is 1. The van der Waals surface area contributed by atoms with Crippen LogP contribution in [0.3, 0.4) is 0 Å². The molecule has 3 aromatic rings. The Balaban J connectivity index is 1.61. The molecule has 0 spiro atoms. The fourth-order valence-electron chi connectivity index (χ4n) is 3.39. The summed E-state index contributed by atoms with van der Waals surface area (Å²) < 4.78 is 11.0. The molecule has 0 N–H and O–H groups in total. The number of ether oxygens (including phenoxy) is 2. The van der Waals surface area contributed by atoms with E-state index in [1.807, 2.05) is 0 Å². The van der Waals surface area contributed by atoms with E-state index in [2.05, 4.69) is 0 Å². The molecule has 1 fully saturated rings. The maximum atomic E-state index is 12.9. The summed E-state index contributed by atoms with van der Waals surface area (Å²) in [5, 5.41) is 22.6. The summed E-state index contributed by atoms with van der Waals surface area (Å²) in [4.78, 5) is 47.6. The number of hydrogen-bond donors (Lipinski definition) is 0. The molecule has 0 bridgehead atoms. The molecule has 0 unspecified atom stereocenters. The molecule has 0 aromatic heterocycles. The first-order valence-corrected chi connectivity index (χ1v) is 11.6. The first kappa shape index (κ1) is 25.7. The van der Waals surface area contributed by atoms with Gasteiger partial charge in [0.15, 0.2) is 11.5 Å². The van der Waals surface area contributed by atoms with Crippen molar-refractivity contribution in [3.8, 4) is 17.2 Å². The van der Waals surface area contributed by atoms with Crippen LogP contribution in [0.2, 0.25) is 5.02 Å². The number of benzene rings is 3. The van der Waals surface area contributed by atoms with Crippen molar-refractivity contribution in [2.75, 3.05) is 7.11 Å². The average Bonchev–Trinajstić information content (AvgIpc) is 3.12. The van der Waals surface area contributed by atoms with Crippen LogP contribution < -0.4 is 9.47 Å². The van der Waals surface area contributed by atoms with Gasteiger partial charge >= 0.3 is 5.69 Å². The van der Waals surface area contributed by atoms with Gasteiger partial charge in [0.2, 0.25) is 5.75 Å². The summed E-state index contributed by atoms with van der Waals surface area (Å²) in [6.45, 7) is 0.0833. The van der Waals surface area contributed by atoms with Crippen LogP contribution in [0.15, 0.2) is 65.6 Å². The number of carbonyl (C=O) groups excluding carboxylic acids is 2. The Morgan fingerprint density at radius 2 is 1.65 bits per heavy atom. The number of nitro groups is 2. The first-order chi connectivity index (χ1) is 17.7. The second-order valence-electron chi connectivity index (χ2n) is 7.57. The Bertz CT molecular complexity index is 1460. The van der Waals surface area contributed by atoms with E-state index in [9.17, 15) is 29.8 Å². The molecule has 0 aliphatic carbocycles. The van der Waals surface area contributed by atoms with Crippen LogP contribution in [0.4, 0.5) is 16.2 Å². The molecule has 1 aliphatic rings. The highest BCUT2D eigenvalue weighted by Gasteiger charge is 2.35. The molecule has 188 valence electrons. The lowest BCUT2D eigenvalue weighted by Gasteiger charge is -2.12. The maximum absolute atomic E-state index is 12.9. The van der Waals surface area contributed by atoms with Gasteiger partial charge in [-0.15, -0.1) is 0 Å². The molecule has 3 aromatic carbocycles. The topological polar surface area (TPSA) is 142 Å². The summed E-state index contributed by atoms with van der Waals surface area (Å²) in [5.74, 6) is -0.433. The van der Waals surface area contributed by atoms with Gasteiger partial charge in [-0.2, -0.15) is 0 Å². The Kier molecular flexibility index (Phi) is 7.41. The zero-order chi connectivity index (χ0) is 26.7. The van der Waals surface area contributed by atoms with Gasteiger partial charge in [-0.3, -0.25) is 34.7 Å². The van der Waals surface area contributed by atoms with E-state index in [-0.39, 0.29) is 28.7 Å². The number of nitro benzene ring substituents is 2. The third-order valence-corrected chi connectivity index (χ3v) is 6.34. The minimum atomic E-state index is -0.796. The minimum absolute atomic E-state index is 0.0635. The molecule has 1 aliphatic heterocycles. The highest BCUT2D eigenvalue weighted by molar-refractivity contribution is 8.18. The van der Waals surface area contributed by atoms with Crippen molar-refractivity contribution in [2.24, 2.45) is 0 Å². The first-order valence-electron chi connectivity index (χ1n) is 10.4. The van der Waals surface area contributed by atoms with E-state index < -0.39 is 32.4 Å². The number of methoxy groups -OCH3 is 1. The highest BCUT2D eigenvalue weighted by Crippen LogP contribution is 2.40. The van der Waals surface area contributed by atoms with Crippen molar-refractivity contribution in [2.45, 2.75) is 6.54 Å². The fraction of sp³-hybridized carbons (Fsp3) is 0.0833. The van der Waals surface area contributed by atoms with Crippen LogP contribution in [0.25, 0.3) is 6.08 Å². The molecule has 4 rings (SSSR count). The number of carbonyl (C=O) groups is 2. The Labute approximate surface area is 218 Å². The normalized spacial score (nSPS) is 14.2. The SMILES string of the molecule is COc1ccc(/C=C2\SC(=O)N(Cc3ccc(Cl)cc3)C2=O)cc1Oc1ccc([N+](=O)[O-])cc1[N+](=O)[O-]. The molecule has 0 radical (unpaired) electrons. The minimum Gasteiger partial charge on any atom is -0.493 e. The summed E-state index contributed by atoms with van der Waals surface area (Å²) in [7, 11) is 1.37. The van der Waals surface area contributed by atoms with Gasteiger partial charge in [0.25, 0.3) is 16.8 Å². The zero-order valence-electron chi connectivity index (χ0n) is 19.0. The number of amides is 2. The van der Waals surface area contributed by atoms with Crippen LogP contribution in [0.5, 0.6) is 17.2 Å². The van der Waals surface area contributed by atoms with E-state index >= 15 is 0 Å². The van der Waals surface area contributed by atoms with E-state index in [1.165, 1.54) is 25.3 Å². The third kappa shape index (κ3) is 5.71. The van der Waals surface area contributed by atoms with E-state index in [0.717, 1.165) is 40.4 Å². The number of non-ortho nitro benzene ring substituents is 1. The maximum Gasteiger partial charge on any atom is 0.318 e. The molecule has 11 nitrogen and oxygen atoms in total. The smallest absolute Gasteiger partial charge is 0.318 e. The molecular formula is C24H16ClN3O8S. The monoisotopic (exact) mass is 541 g/mol. The lowest BCUT2D eigenvalue weighted by Crippen LogP contribution is -2.27. The van der Waals surface area contributed by atoms with Crippen LogP contribution in [0.1, 0.15) is 11.1 Å². The van der Waals surface area contributed by atoms with Gasteiger partial charge in [0.1, 0.15) is 0 Å². The van der Waals surface area contributed by atoms with Crippen LogP contribution in [-0.2, 0) is 11.3 Å². The summed E-state index contributed by atoms with van der Waals surface area (Å²) in [6.07, 6.45) is 1.49. The predicted molar refractivity (Wildman–Crippen MR) is 136 cm³/mol. The lowest BCUT2D eigenvalue weighted by molar-refractivity contribution is -0.394. The van der Waals surface area contributed by atoms with Crippen molar-refractivity contribution in [1.82, 2.24) is 4.90 Å². The molecule has 0 saturated carbocycles. The summed E-state index contributed by atoms with van der Waals surface area (Å²) in [6, 6.07) is 14.4.